The number of methoxy groups -OCH3 is 1. The van der Waals surface area contributed by atoms with E-state index >= 15 is 0 Å². The highest BCUT2D eigenvalue weighted by atomic mass is 16.5. The van der Waals surface area contributed by atoms with Gasteiger partial charge in [0.15, 0.2) is 0 Å². The van der Waals surface area contributed by atoms with Crippen molar-refractivity contribution in [3.8, 4) is 5.75 Å². The van der Waals surface area contributed by atoms with Crippen molar-refractivity contribution in [2.24, 2.45) is 0 Å². The highest BCUT2D eigenvalue weighted by Gasteiger charge is 2.33. The van der Waals surface area contributed by atoms with Gasteiger partial charge >= 0.3 is 5.97 Å². The Morgan fingerprint density at radius 1 is 1.32 bits per heavy atom. The molecule has 1 heterocycles. The normalized spacial score (nSPS) is 19.0. The summed E-state index contributed by atoms with van der Waals surface area (Å²) >= 11 is 0. The van der Waals surface area contributed by atoms with Crippen LogP contribution in [0.1, 0.15) is 29.6 Å². The molecule has 1 aromatic rings. The van der Waals surface area contributed by atoms with Crippen LogP contribution in [0.4, 0.5) is 0 Å². The molecule has 2 rings (SSSR count). The van der Waals surface area contributed by atoms with E-state index in [1.165, 1.54) is 12.0 Å². The molecule has 0 saturated carbocycles. The topological polar surface area (TPSA) is 66.8 Å². The average Bonchev–Trinajstić information content (AvgIpc) is 2.46. The van der Waals surface area contributed by atoms with Gasteiger partial charge < -0.3 is 14.7 Å². The Balaban J connectivity index is 2.29. The molecule has 0 bridgehead atoms. The zero-order chi connectivity index (χ0) is 13.8. The van der Waals surface area contributed by atoms with E-state index in [1.807, 2.05) is 0 Å². The standard InChI is InChI=1S/C14H17NO4/c1-19-12-8-3-2-6-10(12)13(16)15-9-5-4-7-11(15)14(17)18/h2-3,6,8,11H,4-5,7,9H2,1H3,(H,17,18)/t11-/m0/s1. The molecule has 1 aliphatic heterocycles. The molecule has 1 amide bonds. The molecule has 102 valence electrons. The molecular formula is C14H17NO4. The van der Waals surface area contributed by atoms with Gasteiger partial charge in [0.2, 0.25) is 0 Å². The largest absolute Gasteiger partial charge is 0.496 e. The summed E-state index contributed by atoms with van der Waals surface area (Å²) in [6, 6.07) is 6.16. The van der Waals surface area contributed by atoms with Gasteiger partial charge in [0, 0.05) is 6.54 Å². The third-order valence-corrected chi connectivity index (χ3v) is 3.39. The Morgan fingerprint density at radius 3 is 2.74 bits per heavy atom. The maximum atomic E-state index is 12.5. The minimum Gasteiger partial charge on any atom is -0.496 e. The number of carboxylic acids is 1. The lowest BCUT2D eigenvalue weighted by molar-refractivity contribution is -0.143. The molecule has 1 saturated heterocycles. The highest BCUT2D eigenvalue weighted by molar-refractivity contribution is 5.99. The molecule has 0 unspecified atom stereocenters. The van der Waals surface area contributed by atoms with Crippen molar-refractivity contribution < 1.29 is 19.4 Å². The molecule has 1 N–H and O–H groups in total. The molecule has 0 spiro atoms. The van der Waals surface area contributed by atoms with Crippen LogP contribution >= 0.6 is 0 Å². The summed E-state index contributed by atoms with van der Waals surface area (Å²) in [7, 11) is 1.50. The van der Waals surface area contributed by atoms with Crippen LogP contribution in [0.15, 0.2) is 24.3 Å². The molecule has 0 aliphatic carbocycles. The number of nitrogens with zero attached hydrogens (tertiary/aromatic N) is 1. The molecule has 0 radical (unpaired) electrons. The van der Waals surface area contributed by atoms with Crippen molar-refractivity contribution in [3.05, 3.63) is 29.8 Å². The van der Waals surface area contributed by atoms with Crippen molar-refractivity contribution in [2.75, 3.05) is 13.7 Å². The lowest BCUT2D eigenvalue weighted by Crippen LogP contribution is -2.48. The summed E-state index contributed by atoms with van der Waals surface area (Å²) in [6.07, 6.45) is 2.19. The van der Waals surface area contributed by atoms with E-state index < -0.39 is 12.0 Å². The fourth-order valence-corrected chi connectivity index (χ4v) is 2.41. The van der Waals surface area contributed by atoms with Crippen LogP contribution in [0.3, 0.4) is 0 Å². The van der Waals surface area contributed by atoms with Crippen molar-refractivity contribution in [3.63, 3.8) is 0 Å². The van der Waals surface area contributed by atoms with Gasteiger partial charge in [-0.2, -0.15) is 0 Å². The number of carboxylic acid groups (broad SMARTS) is 1. The number of rotatable bonds is 3. The first-order valence-corrected chi connectivity index (χ1v) is 6.32. The minimum absolute atomic E-state index is 0.274. The number of hydrogen-bond donors (Lipinski definition) is 1. The fourth-order valence-electron chi connectivity index (χ4n) is 2.41. The Kier molecular flexibility index (Phi) is 4.04. The molecular weight excluding hydrogens is 246 g/mol. The second-order valence-corrected chi connectivity index (χ2v) is 4.55. The molecule has 1 atom stereocenters. The second-order valence-electron chi connectivity index (χ2n) is 4.55. The minimum atomic E-state index is -0.942. The molecule has 1 aromatic carbocycles. The van der Waals surface area contributed by atoms with E-state index in [1.54, 1.807) is 24.3 Å². The van der Waals surface area contributed by atoms with Gasteiger partial charge in [0.05, 0.1) is 12.7 Å². The summed E-state index contributed by atoms with van der Waals surface area (Å²) < 4.78 is 5.16. The first kappa shape index (κ1) is 13.4. The smallest absolute Gasteiger partial charge is 0.326 e. The summed E-state index contributed by atoms with van der Waals surface area (Å²) in [5.74, 6) is -0.741. The van der Waals surface area contributed by atoms with E-state index in [0.717, 1.165) is 12.8 Å². The third-order valence-electron chi connectivity index (χ3n) is 3.39. The van der Waals surface area contributed by atoms with Gasteiger partial charge in [-0.3, -0.25) is 4.79 Å². The van der Waals surface area contributed by atoms with E-state index in [9.17, 15) is 14.7 Å². The van der Waals surface area contributed by atoms with Crippen LogP contribution in [-0.4, -0.2) is 41.6 Å². The Bertz CT molecular complexity index is 486. The lowest BCUT2D eigenvalue weighted by atomic mass is 10.0. The van der Waals surface area contributed by atoms with Gasteiger partial charge in [-0.1, -0.05) is 12.1 Å². The SMILES string of the molecule is COc1ccccc1C(=O)N1CCCC[C@H]1C(=O)O. The zero-order valence-electron chi connectivity index (χ0n) is 10.8. The fraction of sp³-hybridized carbons (Fsp3) is 0.429. The zero-order valence-corrected chi connectivity index (χ0v) is 10.8. The molecule has 5 nitrogen and oxygen atoms in total. The van der Waals surface area contributed by atoms with Gasteiger partial charge in [-0.05, 0) is 31.4 Å². The number of piperidine rings is 1. The van der Waals surface area contributed by atoms with E-state index in [0.29, 0.717) is 24.3 Å². The van der Waals surface area contributed by atoms with Crippen LogP contribution in [0.5, 0.6) is 5.75 Å². The predicted molar refractivity (Wildman–Crippen MR) is 69.3 cm³/mol. The molecule has 5 heteroatoms. The first-order valence-electron chi connectivity index (χ1n) is 6.32. The number of carbonyl (C=O) groups is 2. The number of hydrogen-bond acceptors (Lipinski definition) is 3. The predicted octanol–water partition coefficient (Wildman–Crippen LogP) is 1.77. The van der Waals surface area contributed by atoms with E-state index in [-0.39, 0.29) is 5.91 Å². The van der Waals surface area contributed by atoms with Gasteiger partial charge in [0.25, 0.3) is 5.91 Å². The van der Waals surface area contributed by atoms with Crippen LogP contribution in [0.25, 0.3) is 0 Å². The maximum absolute atomic E-state index is 12.5. The summed E-state index contributed by atoms with van der Waals surface area (Å²) in [4.78, 5) is 25.1. The van der Waals surface area contributed by atoms with Gasteiger partial charge in [-0.25, -0.2) is 4.79 Å². The van der Waals surface area contributed by atoms with Gasteiger partial charge in [0.1, 0.15) is 11.8 Å². The van der Waals surface area contributed by atoms with Crippen molar-refractivity contribution in [2.45, 2.75) is 25.3 Å². The Hall–Kier alpha value is -2.04. The van der Waals surface area contributed by atoms with Gasteiger partial charge in [-0.15, -0.1) is 0 Å². The van der Waals surface area contributed by atoms with Crippen LogP contribution in [0.2, 0.25) is 0 Å². The first-order chi connectivity index (χ1) is 9.15. The van der Waals surface area contributed by atoms with Crippen LogP contribution < -0.4 is 4.74 Å². The summed E-state index contributed by atoms with van der Waals surface area (Å²) in [6.45, 7) is 0.480. The van der Waals surface area contributed by atoms with E-state index in [2.05, 4.69) is 0 Å². The summed E-state index contributed by atoms with van der Waals surface area (Å²) in [5.41, 5.74) is 0.415. The Morgan fingerprint density at radius 2 is 2.05 bits per heavy atom. The lowest BCUT2D eigenvalue weighted by Gasteiger charge is -2.33. The van der Waals surface area contributed by atoms with E-state index in [4.69, 9.17) is 4.74 Å². The second kappa shape index (κ2) is 5.73. The number of likely N-dealkylation sites (tertiary alicyclic amines) is 1. The quantitative estimate of drug-likeness (QED) is 0.902. The van der Waals surface area contributed by atoms with Crippen LogP contribution in [0, 0.1) is 0 Å². The molecule has 19 heavy (non-hydrogen) atoms. The number of amides is 1. The maximum Gasteiger partial charge on any atom is 0.326 e. The van der Waals surface area contributed by atoms with Crippen molar-refractivity contribution in [1.82, 2.24) is 4.90 Å². The molecule has 1 aliphatic rings. The Labute approximate surface area is 111 Å². The number of aliphatic carboxylic acids is 1. The number of ether oxygens (including phenoxy) is 1. The highest BCUT2D eigenvalue weighted by Crippen LogP contribution is 2.24. The van der Waals surface area contributed by atoms with Crippen LogP contribution in [-0.2, 0) is 4.79 Å². The summed E-state index contributed by atoms with van der Waals surface area (Å²) in [5, 5.41) is 9.21. The monoisotopic (exact) mass is 263 g/mol. The number of carbonyl (C=O) groups excluding carboxylic acids is 1. The van der Waals surface area contributed by atoms with Crippen molar-refractivity contribution >= 4 is 11.9 Å². The average molecular weight is 263 g/mol. The molecule has 0 aromatic heterocycles. The molecule has 1 fully saturated rings. The third kappa shape index (κ3) is 2.70. The number of benzene rings is 1. The van der Waals surface area contributed by atoms with Crippen molar-refractivity contribution in [1.29, 1.82) is 0 Å². The number of para-hydroxylation sites is 1.